The maximum absolute atomic E-state index is 12.3. The second-order valence-corrected chi connectivity index (χ2v) is 6.68. The number of carbonyl (C=O) groups is 1. The smallest absolute Gasteiger partial charge is 0.464 e. The Morgan fingerprint density at radius 1 is 1.07 bits per heavy atom. The van der Waals surface area contributed by atoms with Gasteiger partial charge in [-0.25, -0.2) is 9.78 Å². The van der Waals surface area contributed by atoms with E-state index in [4.69, 9.17) is 4.74 Å². The van der Waals surface area contributed by atoms with Crippen LogP contribution >= 0.6 is 0 Å². The molecule has 5 nitrogen and oxygen atoms in total. The largest absolute Gasteiger partial charge is 0.573 e. The molecule has 8 heteroatoms. The maximum Gasteiger partial charge on any atom is 0.573 e. The zero-order valence-corrected chi connectivity index (χ0v) is 16.5. The second kappa shape index (κ2) is 9.02. The average molecular weight is 418 g/mol. The number of halogens is 3. The minimum Gasteiger partial charge on any atom is -0.464 e. The van der Waals surface area contributed by atoms with E-state index in [1.165, 1.54) is 25.4 Å². The molecule has 0 aliphatic heterocycles. The molecule has 0 aliphatic rings. The van der Waals surface area contributed by atoms with E-state index in [0.29, 0.717) is 5.69 Å². The van der Waals surface area contributed by atoms with E-state index in [1.54, 1.807) is 23.0 Å². The van der Waals surface area contributed by atoms with Gasteiger partial charge in [-0.1, -0.05) is 49.7 Å². The van der Waals surface area contributed by atoms with E-state index >= 15 is 0 Å². The number of ether oxygens (including phenoxy) is 2. The second-order valence-electron chi connectivity index (χ2n) is 6.68. The average Bonchev–Trinajstić information content (AvgIpc) is 3.20. The van der Waals surface area contributed by atoms with Crippen LogP contribution in [0.1, 0.15) is 41.9 Å². The molecule has 0 radical (unpaired) electrons. The molecule has 0 N–H and O–H groups in total. The van der Waals surface area contributed by atoms with Crippen molar-refractivity contribution in [1.82, 2.24) is 9.55 Å². The summed E-state index contributed by atoms with van der Waals surface area (Å²) in [7, 11) is 1.33. The molecule has 1 heterocycles. The monoisotopic (exact) mass is 418 g/mol. The first-order valence-corrected chi connectivity index (χ1v) is 9.38. The van der Waals surface area contributed by atoms with Crippen LogP contribution in [0.2, 0.25) is 0 Å². The van der Waals surface area contributed by atoms with Gasteiger partial charge in [0.15, 0.2) is 0 Å². The number of esters is 1. The lowest BCUT2D eigenvalue weighted by atomic mass is 9.98. The molecule has 3 rings (SSSR count). The van der Waals surface area contributed by atoms with Crippen molar-refractivity contribution in [2.75, 3.05) is 7.11 Å². The molecule has 0 amide bonds. The van der Waals surface area contributed by atoms with Crippen LogP contribution in [0, 0.1) is 0 Å². The van der Waals surface area contributed by atoms with Crippen molar-refractivity contribution in [2.24, 2.45) is 0 Å². The van der Waals surface area contributed by atoms with Gasteiger partial charge in [-0.2, -0.15) is 0 Å². The molecule has 3 aromatic rings. The lowest BCUT2D eigenvalue weighted by Crippen LogP contribution is -2.17. The van der Waals surface area contributed by atoms with E-state index in [1.807, 2.05) is 24.3 Å². The third-order valence-corrected chi connectivity index (χ3v) is 4.68. The standard InChI is InChI=1S/C22H21F3N2O3/c1-3-4-19(27-14-26-13-20(27)21(28)29-2)17-7-5-15(6-8-17)16-9-11-18(12-10-16)30-22(23,24)25/h5-14,19H,3-4H2,1-2H3. The highest BCUT2D eigenvalue weighted by atomic mass is 19.4. The van der Waals surface area contributed by atoms with Gasteiger partial charge in [0.2, 0.25) is 0 Å². The first-order chi connectivity index (χ1) is 14.3. The summed E-state index contributed by atoms with van der Waals surface area (Å²) in [6.07, 6.45) is 0.0657. The number of benzene rings is 2. The van der Waals surface area contributed by atoms with Gasteiger partial charge in [0, 0.05) is 0 Å². The number of nitrogens with zero attached hydrogens (tertiary/aromatic N) is 2. The molecule has 0 saturated heterocycles. The summed E-state index contributed by atoms with van der Waals surface area (Å²) in [5.41, 5.74) is 2.98. The van der Waals surface area contributed by atoms with Crippen molar-refractivity contribution in [3.8, 4) is 16.9 Å². The normalized spacial score (nSPS) is 12.4. The molecule has 1 aromatic heterocycles. The van der Waals surface area contributed by atoms with Crippen molar-refractivity contribution in [3.05, 3.63) is 72.3 Å². The zero-order chi connectivity index (χ0) is 21.7. The summed E-state index contributed by atoms with van der Waals surface area (Å²) in [5, 5.41) is 0. The van der Waals surface area contributed by atoms with Crippen LogP contribution in [0.15, 0.2) is 61.1 Å². The Balaban J connectivity index is 1.84. The van der Waals surface area contributed by atoms with E-state index < -0.39 is 12.3 Å². The number of carbonyl (C=O) groups excluding carboxylic acids is 1. The quantitative estimate of drug-likeness (QED) is 0.467. The molecular weight excluding hydrogens is 397 g/mol. The Morgan fingerprint density at radius 3 is 2.20 bits per heavy atom. The Hall–Kier alpha value is -3.29. The van der Waals surface area contributed by atoms with Gasteiger partial charge in [0.25, 0.3) is 0 Å². The lowest BCUT2D eigenvalue weighted by Gasteiger charge is -2.20. The fraction of sp³-hybridized carbons (Fsp3) is 0.273. The highest BCUT2D eigenvalue weighted by Crippen LogP contribution is 2.30. The minimum atomic E-state index is -4.71. The van der Waals surface area contributed by atoms with Crippen molar-refractivity contribution in [3.63, 3.8) is 0 Å². The third kappa shape index (κ3) is 5.00. The lowest BCUT2D eigenvalue weighted by molar-refractivity contribution is -0.274. The van der Waals surface area contributed by atoms with Crippen LogP contribution in [0.4, 0.5) is 13.2 Å². The Labute approximate surface area is 172 Å². The number of hydrogen-bond acceptors (Lipinski definition) is 4. The fourth-order valence-corrected chi connectivity index (χ4v) is 3.30. The van der Waals surface area contributed by atoms with Crippen LogP contribution in [-0.4, -0.2) is 29.0 Å². The van der Waals surface area contributed by atoms with Crippen molar-refractivity contribution >= 4 is 5.97 Å². The molecule has 0 aliphatic carbocycles. The van der Waals surface area contributed by atoms with Gasteiger partial charge >= 0.3 is 12.3 Å². The summed E-state index contributed by atoms with van der Waals surface area (Å²) in [6.45, 7) is 2.06. The molecule has 158 valence electrons. The SMILES string of the molecule is CCCC(c1ccc(-c2ccc(OC(F)(F)F)cc2)cc1)n1cncc1C(=O)OC. The highest BCUT2D eigenvalue weighted by molar-refractivity contribution is 5.87. The summed E-state index contributed by atoms with van der Waals surface area (Å²) in [6, 6.07) is 13.3. The van der Waals surface area contributed by atoms with Gasteiger partial charge in [0.1, 0.15) is 11.4 Å². The zero-order valence-electron chi connectivity index (χ0n) is 16.5. The van der Waals surface area contributed by atoms with Gasteiger partial charge in [-0.3, -0.25) is 0 Å². The summed E-state index contributed by atoms with van der Waals surface area (Å²) >= 11 is 0. The number of alkyl halides is 3. The Morgan fingerprint density at radius 2 is 1.67 bits per heavy atom. The minimum absolute atomic E-state index is 0.0942. The summed E-state index contributed by atoms with van der Waals surface area (Å²) in [4.78, 5) is 16.1. The summed E-state index contributed by atoms with van der Waals surface area (Å²) in [5.74, 6) is -0.715. The fourth-order valence-electron chi connectivity index (χ4n) is 3.30. The van der Waals surface area contributed by atoms with Crippen LogP contribution in [0.5, 0.6) is 5.75 Å². The van der Waals surface area contributed by atoms with Gasteiger partial charge < -0.3 is 14.0 Å². The van der Waals surface area contributed by atoms with Crippen molar-refractivity contribution < 1.29 is 27.4 Å². The maximum atomic E-state index is 12.3. The van der Waals surface area contributed by atoms with E-state index in [2.05, 4.69) is 16.6 Å². The third-order valence-electron chi connectivity index (χ3n) is 4.68. The predicted molar refractivity (Wildman–Crippen MR) is 105 cm³/mol. The first-order valence-electron chi connectivity index (χ1n) is 9.38. The number of imidazole rings is 1. The molecule has 0 fully saturated rings. The molecule has 2 aromatic carbocycles. The topological polar surface area (TPSA) is 53.4 Å². The number of aromatic nitrogens is 2. The molecule has 1 unspecified atom stereocenters. The van der Waals surface area contributed by atoms with Crippen molar-refractivity contribution in [1.29, 1.82) is 0 Å². The van der Waals surface area contributed by atoms with Crippen molar-refractivity contribution in [2.45, 2.75) is 32.2 Å². The number of hydrogen-bond donors (Lipinski definition) is 0. The number of methoxy groups -OCH3 is 1. The number of rotatable bonds is 7. The molecule has 30 heavy (non-hydrogen) atoms. The predicted octanol–water partition coefficient (Wildman–Crippen LogP) is 5.62. The Kier molecular flexibility index (Phi) is 6.44. The molecular formula is C22H21F3N2O3. The highest BCUT2D eigenvalue weighted by Gasteiger charge is 2.31. The van der Waals surface area contributed by atoms with Crippen LogP contribution < -0.4 is 4.74 Å². The first kappa shape index (κ1) is 21.4. The van der Waals surface area contributed by atoms with Crippen LogP contribution in [0.25, 0.3) is 11.1 Å². The van der Waals surface area contributed by atoms with Gasteiger partial charge in [-0.05, 0) is 35.2 Å². The van der Waals surface area contributed by atoms with E-state index in [0.717, 1.165) is 29.5 Å². The van der Waals surface area contributed by atoms with E-state index in [9.17, 15) is 18.0 Å². The van der Waals surface area contributed by atoms with Crippen LogP contribution in [-0.2, 0) is 4.74 Å². The van der Waals surface area contributed by atoms with Gasteiger partial charge in [-0.15, -0.1) is 13.2 Å². The van der Waals surface area contributed by atoms with E-state index in [-0.39, 0.29) is 11.8 Å². The Bertz CT molecular complexity index is 980. The van der Waals surface area contributed by atoms with Gasteiger partial charge in [0.05, 0.1) is 25.7 Å². The molecule has 0 spiro atoms. The summed E-state index contributed by atoms with van der Waals surface area (Å²) < 4.78 is 47.5. The molecule has 0 bridgehead atoms. The van der Waals surface area contributed by atoms with Crippen LogP contribution in [0.3, 0.4) is 0 Å². The molecule has 1 atom stereocenters. The molecule has 0 saturated carbocycles.